The number of aromatic nitrogens is 3. The van der Waals surface area contributed by atoms with E-state index in [0.717, 1.165) is 45.0 Å². The summed E-state index contributed by atoms with van der Waals surface area (Å²) in [6.07, 6.45) is 2.53. The molecule has 5 nitrogen and oxygen atoms in total. The lowest BCUT2D eigenvalue weighted by Gasteiger charge is -2.26. The summed E-state index contributed by atoms with van der Waals surface area (Å²) in [5, 5.41) is 10.0. The predicted octanol–water partition coefficient (Wildman–Crippen LogP) is -0.748. The second-order valence-corrected chi connectivity index (χ2v) is 3.27. The molecule has 1 aliphatic heterocycles. The molecule has 0 atom stereocenters. The fourth-order valence-corrected chi connectivity index (χ4v) is 1.55. The maximum atomic E-state index is 4.09. The number of hydrogen-bond donors (Lipinski definition) is 2. The van der Waals surface area contributed by atoms with Crippen LogP contribution in [0.15, 0.2) is 6.33 Å². The number of aromatic amines is 1. The molecule has 5 heteroatoms. The summed E-state index contributed by atoms with van der Waals surface area (Å²) >= 11 is 0. The first kappa shape index (κ1) is 8.65. The molecule has 0 unspecified atom stereocenters. The van der Waals surface area contributed by atoms with Gasteiger partial charge >= 0.3 is 0 Å². The highest BCUT2D eigenvalue weighted by Crippen LogP contribution is 1.95. The maximum Gasteiger partial charge on any atom is 0.137 e. The zero-order valence-corrected chi connectivity index (χ0v) is 7.66. The third-order valence-electron chi connectivity index (χ3n) is 2.34. The van der Waals surface area contributed by atoms with E-state index in [0.29, 0.717) is 0 Å². The number of rotatable bonds is 3. The normalized spacial score (nSPS) is 19.1. The smallest absolute Gasteiger partial charge is 0.137 e. The van der Waals surface area contributed by atoms with Gasteiger partial charge in [-0.05, 0) is 0 Å². The average molecular weight is 181 g/mol. The Hall–Kier alpha value is -0.940. The number of piperazine rings is 1. The Balaban J connectivity index is 1.72. The first-order valence-electron chi connectivity index (χ1n) is 4.72. The summed E-state index contributed by atoms with van der Waals surface area (Å²) in [5.74, 6) is 0.985. The molecule has 1 fully saturated rings. The van der Waals surface area contributed by atoms with Gasteiger partial charge in [0.1, 0.15) is 12.2 Å². The Bertz CT molecular complexity index is 227. The molecule has 0 aliphatic carbocycles. The summed E-state index contributed by atoms with van der Waals surface area (Å²) in [6.45, 7) is 5.59. The molecule has 13 heavy (non-hydrogen) atoms. The summed E-state index contributed by atoms with van der Waals surface area (Å²) < 4.78 is 0. The molecule has 2 rings (SSSR count). The summed E-state index contributed by atoms with van der Waals surface area (Å²) in [7, 11) is 0. The van der Waals surface area contributed by atoms with Crippen molar-refractivity contribution >= 4 is 0 Å². The van der Waals surface area contributed by atoms with E-state index in [2.05, 4.69) is 25.4 Å². The van der Waals surface area contributed by atoms with E-state index in [1.165, 1.54) is 0 Å². The minimum absolute atomic E-state index is 0.972. The number of nitrogens with zero attached hydrogens (tertiary/aromatic N) is 3. The highest BCUT2D eigenvalue weighted by atomic mass is 15.2. The van der Waals surface area contributed by atoms with Gasteiger partial charge in [-0.3, -0.25) is 5.10 Å². The van der Waals surface area contributed by atoms with E-state index < -0.39 is 0 Å². The van der Waals surface area contributed by atoms with Crippen molar-refractivity contribution in [3.05, 3.63) is 12.2 Å². The van der Waals surface area contributed by atoms with Crippen LogP contribution in [0.5, 0.6) is 0 Å². The average Bonchev–Trinajstić information content (AvgIpc) is 2.69. The number of H-pyrrole nitrogens is 1. The van der Waals surface area contributed by atoms with Gasteiger partial charge in [0.05, 0.1) is 0 Å². The van der Waals surface area contributed by atoms with Crippen molar-refractivity contribution in [1.29, 1.82) is 0 Å². The third kappa shape index (κ3) is 2.50. The van der Waals surface area contributed by atoms with Crippen molar-refractivity contribution in [3.63, 3.8) is 0 Å². The molecule has 72 valence electrons. The van der Waals surface area contributed by atoms with Crippen molar-refractivity contribution in [1.82, 2.24) is 25.4 Å². The Labute approximate surface area is 77.5 Å². The van der Waals surface area contributed by atoms with Crippen LogP contribution in [0.1, 0.15) is 5.82 Å². The molecule has 0 spiro atoms. The minimum atomic E-state index is 0.972. The summed E-state index contributed by atoms with van der Waals surface area (Å²) in [5.41, 5.74) is 0. The standard InChI is InChI=1S/C8H15N5/c1(8-10-7-11-12-8)4-13-5-2-9-3-6-13/h7,9H,1-6H2,(H,10,11,12). The maximum absolute atomic E-state index is 4.09. The summed E-state index contributed by atoms with van der Waals surface area (Å²) in [4.78, 5) is 6.54. The molecule has 1 aromatic rings. The second-order valence-electron chi connectivity index (χ2n) is 3.27. The Morgan fingerprint density at radius 1 is 1.38 bits per heavy atom. The topological polar surface area (TPSA) is 56.8 Å². The van der Waals surface area contributed by atoms with Gasteiger partial charge in [0.15, 0.2) is 0 Å². The largest absolute Gasteiger partial charge is 0.314 e. The molecule has 0 saturated carbocycles. The van der Waals surface area contributed by atoms with Crippen molar-refractivity contribution in [3.8, 4) is 0 Å². The van der Waals surface area contributed by atoms with Crippen LogP contribution in [0, 0.1) is 0 Å². The van der Waals surface area contributed by atoms with E-state index in [1.54, 1.807) is 6.33 Å². The van der Waals surface area contributed by atoms with Crippen LogP contribution in [0.3, 0.4) is 0 Å². The molecule has 0 bridgehead atoms. The van der Waals surface area contributed by atoms with Crippen LogP contribution in [-0.2, 0) is 6.42 Å². The molecule has 1 aliphatic rings. The van der Waals surface area contributed by atoms with Gasteiger partial charge in [0.25, 0.3) is 0 Å². The zero-order chi connectivity index (χ0) is 8.93. The van der Waals surface area contributed by atoms with Crippen molar-refractivity contribution < 1.29 is 0 Å². The van der Waals surface area contributed by atoms with Gasteiger partial charge in [-0.15, -0.1) is 0 Å². The quantitative estimate of drug-likeness (QED) is 0.644. The van der Waals surface area contributed by atoms with Crippen LogP contribution < -0.4 is 5.32 Å². The minimum Gasteiger partial charge on any atom is -0.314 e. The fraction of sp³-hybridized carbons (Fsp3) is 0.750. The van der Waals surface area contributed by atoms with Crippen LogP contribution in [-0.4, -0.2) is 52.8 Å². The monoisotopic (exact) mass is 181 g/mol. The molecular formula is C8H15N5. The Kier molecular flexibility index (Phi) is 2.89. The Morgan fingerprint density at radius 2 is 2.23 bits per heavy atom. The SMILES string of the molecule is c1n[nH]c(CCN2CCNCC2)n1. The molecule has 2 N–H and O–H groups in total. The molecule has 0 aromatic carbocycles. The highest BCUT2D eigenvalue weighted by molar-refractivity contribution is 4.82. The third-order valence-corrected chi connectivity index (χ3v) is 2.34. The van der Waals surface area contributed by atoms with Crippen molar-refractivity contribution in [2.45, 2.75) is 6.42 Å². The first-order valence-corrected chi connectivity index (χ1v) is 4.72. The van der Waals surface area contributed by atoms with Crippen LogP contribution in [0.25, 0.3) is 0 Å². The van der Waals surface area contributed by atoms with E-state index in [1.807, 2.05) is 0 Å². The van der Waals surface area contributed by atoms with E-state index in [9.17, 15) is 0 Å². The van der Waals surface area contributed by atoms with E-state index >= 15 is 0 Å². The van der Waals surface area contributed by atoms with Crippen molar-refractivity contribution in [2.75, 3.05) is 32.7 Å². The Morgan fingerprint density at radius 3 is 2.92 bits per heavy atom. The van der Waals surface area contributed by atoms with E-state index in [4.69, 9.17) is 0 Å². The van der Waals surface area contributed by atoms with Gasteiger partial charge in [0, 0.05) is 39.1 Å². The number of hydrogen-bond acceptors (Lipinski definition) is 4. The van der Waals surface area contributed by atoms with Gasteiger partial charge in [0.2, 0.25) is 0 Å². The van der Waals surface area contributed by atoms with Crippen LogP contribution in [0.4, 0.5) is 0 Å². The molecule has 0 radical (unpaired) electrons. The molecule has 2 heterocycles. The lowest BCUT2D eigenvalue weighted by atomic mass is 10.3. The van der Waals surface area contributed by atoms with Crippen LogP contribution in [0.2, 0.25) is 0 Å². The van der Waals surface area contributed by atoms with Gasteiger partial charge in [-0.1, -0.05) is 0 Å². The molecular weight excluding hydrogens is 166 g/mol. The van der Waals surface area contributed by atoms with Gasteiger partial charge < -0.3 is 10.2 Å². The van der Waals surface area contributed by atoms with Gasteiger partial charge in [-0.2, -0.15) is 5.10 Å². The lowest BCUT2D eigenvalue weighted by Crippen LogP contribution is -2.44. The van der Waals surface area contributed by atoms with Crippen molar-refractivity contribution in [2.24, 2.45) is 0 Å². The van der Waals surface area contributed by atoms with E-state index in [-0.39, 0.29) is 0 Å². The van der Waals surface area contributed by atoms with Gasteiger partial charge in [-0.25, -0.2) is 4.98 Å². The number of nitrogens with one attached hydrogen (secondary N) is 2. The van der Waals surface area contributed by atoms with Crippen LogP contribution >= 0.6 is 0 Å². The summed E-state index contributed by atoms with van der Waals surface area (Å²) in [6, 6.07) is 0. The molecule has 0 amide bonds. The fourth-order valence-electron chi connectivity index (χ4n) is 1.55. The first-order chi connectivity index (χ1) is 6.45. The zero-order valence-electron chi connectivity index (χ0n) is 7.66. The highest BCUT2D eigenvalue weighted by Gasteiger charge is 2.09. The predicted molar refractivity (Wildman–Crippen MR) is 49.4 cm³/mol. The molecule has 1 aromatic heterocycles. The lowest BCUT2D eigenvalue weighted by molar-refractivity contribution is 0.242. The molecule has 1 saturated heterocycles. The second kappa shape index (κ2) is 4.34.